The first kappa shape index (κ1) is 12.5. The second-order valence-corrected chi connectivity index (χ2v) is 2.65. The van der Waals surface area contributed by atoms with Crippen LogP contribution in [0.4, 0.5) is 0 Å². The van der Waals surface area contributed by atoms with Gasteiger partial charge in [-0.1, -0.05) is 32.0 Å². The second kappa shape index (κ2) is 6.97. The maximum absolute atomic E-state index is 8.51. The Balaban J connectivity index is 0.000000791. The number of ether oxygens (including phenoxy) is 1. The van der Waals surface area contributed by atoms with Crippen molar-refractivity contribution in [3.8, 4) is 11.8 Å². The number of nitrogens with zero attached hydrogens (tertiary/aromatic N) is 1. The van der Waals surface area contributed by atoms with Gasteiger partial charge in [-0.2, -0.15) is 5.26 Å². The molecule has 0 aliphatic rings. The van der Waals surface area contributed by atoms with E-state index in [0.717, 1.165) is 11.3 Å². The third kappa shape index (κ3) is 3.95. The fraction of sp³-hybridized carbons (Fsp3) is 0.417. The molecule has 0 heterocycles. The highest BCUT2D eigenvalue weighted by Gasteiger charge is 2.02. The van der Waals surface area contributed by atoms with E-state index >= 15 is 0 Å². The van der Waals surface area contributed by atoms with Crippen molar-refractivity contribution in [2.75, 3.05) is 0 Å². The largest absolute Gasteiger partial charge is 0.476 e. The summed E-state index contributed by atoms with van der Waals surface area (Å²) in [7, 11) is 0. The smallest absolute Gasteiger partial charge is 0.181 e. The molecule has 0 N–H and O–H groups in total. The molecule has 1 rings (SSSR count). The molecule has 0 fully saturated rings. The van der Waals surface area contributed by atoms with Crippen molar-refractivity contribution in [3.05, 3.63) is 29.8 Å². The summed E-state index contributed by atoms with van der Waals surface area (Å²) in [5.74, 6) is 0.784. The predicted molar refractivity (Wildman–Crippen MR) is 58.2 cm³/mol. The summed E-state index contributed by atoms with van der Waals surface area (Å²) in [5, 5.41) is 8.51. The minimum atomic E-state index is -0.383. The first-order chi connectivity index (χ1) is 6.74. The number of rotatable bonds is 2. The number of para-hydroxylation sites is 1. The molecule has 1 aromatic carbocycles. The minimum absolute atomic E-state index is 0.383. The van der Waals surface area contributed by atoms with Crippen molar-refractivity contribution >= 4 is 0 Å². The number of hydrogen-bond acceptors (Lipinski definition) is 2. The molecule has 0 spiro atoms. The lowest BCUT2D eigenvalue weighted by Crippen LogP contribution is -2.08. The second-order valence-electron chi connectivity index (χ2n) is 2.65. The van der Waals surface area contributed by atoms with Gasteiger partial charge in [0.1, 0.15) is 11.8 Å². The van der Waals surface area contributed by atoms with E-state index in [-0.39, 0.29) is 6.10 Å². The first-order valence-corrected chi connectivity index (χ1v) is 4.86. The lowest BCUT2D eigenvalue weighted by Gasteiger charge is -2.09. The van der Waals surface area contributed by atoms with Crippen molar-refractivity contribution in [1.29, 1.82) is 5.26 Å². The Morgan fingerprint density at radius 2 is 1.86 bits per heavy atom. The topological polar surface area (TPSA) is 33.0 Å². The van der Waals surface area contributed by atoms with Gasteiger partial charge in [0.15, 0.2) is 6.10 Å². The Kier molecular flexibility index (Phi) is 6.22. The number of aryl methyl sites for hydroxylation is 1. The summed E-state index contributed by atoms with van der Waals surface area (Å²) in [6, 6.07) is 9.68. The van der Waals surface area contributed by atoms with Gasteiger partial charge in [-0.15, -0.1) is 0 Å². The summed E-state index contributed by atoms with van der Waals surface area (Å²) in [6.45, 7) is 7.69. The fourth-order valence-corrected chi connectivity index (χ4v) is 0.905. The Morgan fingerprint density at radius 1 is 1.29 bits per heavy atom. The Morgan fingerprint density at radius 3 is 2.36 bits per heavy atom. The molecular weight excluding hydrogens is 174 g/mol. The highest BCUT2D eigenvalue weighted by atomic mass is 16.5. The number of benzene rings is 1. The zero-order valence-corrected chi connectivity index (χ0v) is 9.24. The molecule has 0 saturated carbocycles. The van der Waals surface area contributed by atoms with Crippen LogP contribution in [0.15, 0.2) is 24.3 Å². The van der Waals surface area contributed by atoms with Gasteiger partial charge in [-0.05, 0) is 25.5 Å². The van der Waals surface area contributed by atoms with Crippen LogP contribution < -0.4 is 4.74 Å². The third-order valence-corrected chi connectivity index (χ3v) is 1.58. The highest BCUT2D eigenvalue weighted by molar-refractivity contribution is 5.32. The van der Waals surface area contributed by atoms with Gasteiger partial charge in [0, 0.05) is 0 Å². The van der Waals surface area contributed by atoms with E-state index in [4.69, 9.17) is 10.00 Å². The van der Waals surface area contributed by atoms with E-state index in [0.29, 0.717) is 0 Å². The molecule has 2 nitrogen and oxygen atoms in total. The van der Waals surface area contributed by atoms with Gasteiger partial charge in [-0.3, -0.25) is 0 Å². The maximum Gasteiger partial charge on any atom is 0.181 e. The molecule has 0 aromatic heterocycles. The first-order valence-electron chi connectivity index (χ1n) is 4.86. The van der Waals surface area contributed by atoms with Gasteiger partial charge >= 0.3 is 0 Å². The quantitative estimate of drug-likeness (QED) is 0.718. The van der Waals surface area contributed by atoms with Gasteiger partial charge < -0.3 is 4.74 Å². The van der Waals surface area contributed by atoms with E-state index in [9.17, 15) is 0 Å². The van der Waals surface area contributed by atoms with Crippen LogP contribution in [0.1, 0.15) is 26.3 Å². The molecule has 1 atom stereocenters. The molecule has 0 bridgehead atoms. The van der Waals surface area contributed by atoms with Crippen LogP contribution in [0.2, 0.25) is 0 Å². The molecule has 2 heteroatoms. The normalized spacial score (nSPS) is 10.5. The van der Waals surface area contributed by atoms with E-state index in [1.54, 1.807) is 6.92 Å². The Hall–Kier alpha value is -1.49. The molecular formula is C12H17NO. The molecule has 1 unspecified atom stereocenters. The summed E-state index contributed by atoms with van der Waals surface area (Å²) in [4.78, 5) is 0. The summed E-state index contributed by atoms with van der Waals surface area (Å²) < 4.78 is 5.33. The Bertz CT molecular complexity index is 301. The van der Waals surface area contributed by atoms with Gasteiger partial charge in [0.05, 0.1) is 0 Å². The van der Waals surface area contributed by atoms with Crippen molar-refractivity contribution in [3.63, 3.8) is 0 Å². The van der Waals surface area contributed by atoms with Gasteiger partial charge in [-0.25, -0.2) is 0 Å². The van der Waals surface area contributed by atoms with Crippen LogP contribution in [0, 0.1) is 18.3 Å². The zero-order valence-electron chi connectivity index (χ0n) is 9.24. The average Bonchev–Trinajstić information content (AvgIpc) is 2.24. The van der Waals surface area contributed by atoms with E-state index in [1.165, 1.54) is 0 Å². The van der Waals surface area contributed by atoms with Crippen molar-refractivity contribution < 1.29 is 4.74 Å². The van der Waals surface area contributed by atoms with E-state index < -0.39 is 0 Å². The van der Waals surface area contributed by atoms with Crippen molar-refractivity contribution in [1.82, 2.24) is 0 Å². The van der Waals surface area contributed by atoms with Gasteiger partial charge in [0.2, 0.25) is 0 Å². The molecule has 0 radical (unpaired) electrons. The van der Waals surface area contributed by atoms with E-state index in [1.807, 2.05) is 51.1 Å². The summed E-state index contributed by atoms with van der Waals surface area (Å²) >= 11 is 0. The van der Waals surface area contributed by atoms with Gasteiger partial charge in [0.25, 0.3) is 0 Å². The molecule has 0 aliphatic heterocycles. The molecule has 76 valence electrons. The SMILES string of the molecule is CC.Cc1ccccc1OC(C)C#N. The monoisotopic (exact) mass is 191 g/mol. The molecule has 14 heavy (non-hydrogen) atoms. The Labute approximate surface area is 86.1 Å². The van der Waals surface area contributed by atoms with Crippen LogP contribution in [-0.4, -0.2) is 6.10 Å². The number of nitriles is 1. The molecule has 0 aliphatic carbocycles. The predicted octanol–water partition coefficient (Wildman–Crippen LogP) is 3.31. The van der Waals surface area contributed by atoms with Crippen LogP contribution in [0.3, 0.4) is 0 Å². The van der Waals surface area contributed by atoms with Crippen LogP contribution in [0.25, 0.3) is 0 Å². The van der Waals surface area contributed by atoms with E-state index in [2.05, 4.69) is 0 Å². The molecule has 1 aromatic rings. The lowest BCUT2D eigenvalue weighted by atomic mass is 10.2. The lowest BCUT2D eigenvalue weighted by molar-refractivity contribution is 0.274. The van der Waals surface area contributed by atoms with Crippen molar-refractivity contribution in [2.45, 2.75) is 33.8 Å². The van der Waals surface area contributed by atoms with Crippen LogP contribution in [0.5, 0.6) is 5.75 Å². The van der Waals surface area contributed by atoms with Crippen LogP contribution in [-0.2, 0) is 0 Å². The maximum atomic E-state index is 8.51. The summed E-state index contributed by atoms with van der Waals surface area (Å²) in [5.41, 5.74) is 1.06. The number of hydrogen-bond donors (Lipinski definition) is 0. The molecule has 0 saturated heterocycles. The minimum Gasteiger partial charge on any atom is -0.476 e. The standard InChI is InChI=1S/C10H11NO.C2H6/c1-8-5-3-4-6-10(8)12-9(2)7-11;1-2/h3-6,9H,1-2H3;1-2H3. The third-order valence-electron chi connectivity index (χ3n) is 1.58. The fourth-order valence-electron chi connectivity index (χ4n) is 0.905. The highest BCUT2D eigenvalue weighted by Crippen LogP contribution is 2.17. The molecule has 0 amide bonds. The average molecular weight is 191 g/mol. The van der Waals surface area contributed by atoms with Crippen LogP contribution >= 0.6 is 0 Å². The van der Waals surface area contributed by atoms with Crippen molar-refractivity contribution in [2.24, 2.45) is 0 Å². The zero-order chi connectivity index (χ0) is 11.0. The summed E-state index contributed by atoms with van der Waals surface area (Å²) in [6.07, 6.45) is -0.383.